The minimum absolute atomic E-state index is 0.265. The van der Waals surface area contributed by atoms with E-state index in [1.807, 2.05) is 60.7 Å². The van der Waals surface area contributed by atoms with E-state index in [0.717, 1.165) is 33.6 Å². The number of aliphatic imine (C=N–C) groups is 1. The van der Waals surface area contributed by atoms with Crippen LogP contribution in [-0.2, 0) is 0 Å². The number of ether oxygens (including phenoxy) is 1. The number of hydrogen-bond donors (Lipinski definition) is 1. The van der Waals surface area contributed by atoms with Crippen LogP contribution in [0.2, 0.25) is 4.47 Å². The van der Waals surface area contributed by atoms with Crippen LogP contribution in [0.5, 0.6) is 11.5 Å². The van der Waals surface area contributed by atoms with Crippen molar-refractivity contribution in [3.63, 3.8) is 0 Å². The van der Waals surface area contributed by atoms with Gasteiger partial charge in [0.25, 0.3) is 0 Å². The Hall–Kier alpha value is -2.28. The molecule has 3 nitrogen and oxygen atoms in total. The van der Waals surface area contributed by atoms with Crippen molar-refractivity contribution in [2.45, 2.75) is 4.47 Å². The fraction of sp³-hybridized carbons (Fsp3) is 0.136. The topological polar surface area (TPSA) is 41.8 Å². The zero-order valence-corrected chi connectivity index (χ0v) is 17.0. The Morgan fingerprint density at radius 1 is 0.923 bits per heavy atom. The Morgan fingerprint density at radius 2 is 1.62 bits per heavy atom. The number of phenolic OH excluding ortho intramolecular Hbond substituents is 1. The Kier molecular flexibility index (Phi) is 6.71. The first-order chi connectivity index (χ1) is 12.8. The van der Waals surface area contributed by atoms with Gasteiger partial charge in [-0.1, -0.05) is 0 Å². The van der Waals surface area contributed by atoms with Crippen molar-refractivity contribution in [3.8, 4) is 11.5 Å². The molecule has 0 saturated carbocycles. The van der Waals surface area contributed by atoms with Gasteiger partial charge >= 0.3 is 165 Å². The van der Waals surface area contributed by atoms with Crippen molar-refractivity contribution in [2.24, 2.45) is 4.99 Å². The second kappa shape index (κ2) is 9.43. The molecule has 0 fully saturated rings. The van der Waals surface area contributed by atoms with E-state index in [-0.39, 0.29) is 26.7 Å². The van der Waals surface area contributed by atoms with Crippen LogP contribution in [0.4, 0.5) is 0 Å². The standard InChI is InChI=1S/C22H21NO2Te/c1-25-18-11-13-19(14-12-18)26-16-15-23-22(17-7-3-2-4-8-17)20-9-5-6-10-21(20)24/h2-14,24H,15-16H2,1H3. The molecule has 3 aromatic rings. The molecule has 1 N–H and O–H groups in total. The molecule has 0 unspecified atom stereocenters. The van der Waals surface area contributed by atoms with E-state index >= 15 is 0 Å². The molecule has 0 aliphatic heterocycles. The molecule has 0 atom stereocenters. The number of nitrogens with zero attached hydrogens (tertiary/aromatic N) is 1. The molecular formula is C22H21NO2Te. The second-order valence-electron chi connectivity index (χ2n) is 5.64. The Morgan fingerprint density at radius 3 is 2.31 bits per heavy atom. The summed E-state index contributed by atoms with van der Waals surface area (Å²) in [6.45, 7) is 0.757. The van der Waals surface area contributed by atoms with Gasteiger partial charge in [0.2, 0.25) is 0 Å². The van der Waals surface area contributed by atoms with Gasteiger partial charge in [-0.15, -0.1) is 0 Å². The molecule has 0 aliphatic rings. The predicted octanol–water partition coefficient (Wildman–Crippen LogP) is 3.69. The molecule has 132 valence electrons. The van der Waals surface area contributed by atoms with Crippen LogP contribution in [0, 0.1) is 0 Å². The third kappa shape index (κ3) is 4.88. The summed E-state index contributed by atoms with van der Waals surface area (Å²) >= 11 is -0.288. The molecule has 0 heterocycles. The molecule has 3 aromatic carbocycles. The molecule has 0 saturated heterocycles. The summed E-state index contributed by atoms with van der Waals surface area (Å²) in [4.78, 5) is 4.84. The van der Waals surface area contributed by atoms with E-state index in [1.54, 1.807) is 13.2 Å². The number of phenols is 1. The number of para-hydroxylation sites is 1. The van der Waals surface area contributed by atoms with Gasteiger partial charge in [-0.05, 0) is 0 Å². The summed E-state index contributed by atoms with van der Waals surface area (Å²) in [5.74, 6) is 1.16. The fourth-order valence-corrected chi connectivity index (χ4v) is 4.73. The van der Waals surface area contributed by atoms with E-state index < -0.39 is 0 Å². The zero-order chi connectivity index (χ0) is 18.2. The first-order valence-corrected chi connectivity index (χ1v) is 11.2. The Bertz CT molecular complexity index is 861. The van der Waals surface area contributed by atoms with Crippen LogP contribution >= 0.6 is 0 Å². The fourth-order valence-electron chi connectivity index (χ4n) is 2.59. The third-order valence-electron chi connectivity index (χ3n) is 3.90. The molecule has 0 amide bonds. The van der Waals surface area contributed by atoms with Gasteiger partial charge in [-0.2, -0.15) is 0 Å². The summed E-state index contributed by atoms with van der Waals surface area (Å²) < 4.78 is 7.67. The van der Waals surface area contributed by atoms with Crippen LogP contribution in [0.3, 0.4) is 0 Å². The summed E-state index contributed by atoms with van der Waals surface area (Å²) in [5.41, 5.74) is 2.66. The van der Waals surface area contributed by atoms with E-state index in [4.69, 9.17) is 9.73 Å². The van der Waals surface area contributed by atoms with Gasteiger partial charge in [-0.3, -0.25) is 0 Å². The van der Waals surface area contributed by atoms with Crippen LogP contribution in [0.1, 0.15) is 11.1 Å². The monoisotopic (exact) mass is 461 g/mol. The van der Waals surface area contributed by atoms with Gasteiger partial charge in [-0.25, -0.2) is 0 Å². The van der Waals surface area contributed by atoms with Gasteiger partial charge in [0.05, 0.1) is 0 Å². The quantitative estimate of drug-likeness (QED) is 0.333. The zero-order valence-electron chi connectivity index (χ0n) is 14.6. The van der Waals surface area contributed by atoms with Crippen molar-refractivity contribution in [1.29, 1.82) is 0 Å². The van der Waals surface area contributed by atoms with E-state index in [2.05, 4.69) is 12.1 Å². The van der Waals surface area contributed by atoms with Crippen LogP contribution in [-0.4, -0.2) is 45.4 Å². The van der Waals surface area contributed by atoms with Crippen LogP contribution < -0.4 is 8.35 Å². The first kappa shape index (κ1) is 18.5. The van der Waals surface area contributed by atoms with Gasteiger partial charge < -0.3 is 0 Å². The van der Waals surface area contributed by atoms with Crippen LogP contribution in [0.25, 0.3) is 0 Å². The second-order valence-corrected chi connectivity index (χ2v) is 8.97. The van der Waals surface area contributed by atoms with Gasteiger partial charge in [0.1, 0.15) is 0 Å². The van der Waals surface area contributed by atoms with E-state index in [9.17, 15) is 5.11 Å². The average molecular weight is 459 g/mol. The normalized spacial score (nSPS) is 11.3. The SMILES string of the molecule is COc1ccc([Te]CCN=C(c2ccccc2)c2ccccc2O)cc1. The minimum atomic E-state index is -0.288. The Labute approximate surface area is 164 Å². The molecule has 3 rings (SSSR count). The van der Waals surface area contributed by atoms with Crippen molar-refractivity contribution >= 4 is 30.2 Å². The summed E-state index contributed by atoms with van der Waals surface area (Å²) in [6.07, 6.45) is 0. The van der Waals surface area contributed by atoms with Crippen molar-refractivity contribution in [3.05, 3.63) is 90.0 Å². The van der Waals surface area contributed by atoms with Crippen molar-refractivity contribution in [1.82, 2.24) is 0 Å². The molecular weight excluding hydrogens is 438 g/mol. The predicted molar refractivity (Wildman–Crippen MR) is 108 cm³/mol. The summed E-state index contributed by atoms with van der Waals surface area (Å²) in [5, 5.41) is 10.2. The number of methoxy groups -OCH3 is 1. The van der Waals surface area contributed by atoms with Crippen LogP contribution in [0.15, 0.2) is 83.9 Å². The molecule has 0 aromatic heterocycles. The summed E-state index contributed by atoms with van der Waals surface area (Å²) in [7, 11) is 1.69. The number of hydrogen-bond acceptors (Lipinski definition) is 3. The maximum absolute atomic E-state index is 10.2. The Balaban J connectivity index is 1.73. The number of rotatable bonds is 7. The molecule has 0 bridgehead atoms. The maximum atomic E-state index is 10.2. The van der Waals surface area contributed by atoms with Crippen molar-refractivity contribution < 1.29 is 9.84 Å². The average Bonchev–Trinajstić information content (AvgIpc) is 2.70. The molecule has 26 heavy (non-hydrogen) atoms. The summed E-state index contributed by atoms with van der Waals surface area (Å²) in [6, 6.07) is 25.8. The molecule has 0 spiro atoms. The van der Waals surface area contributed by atoms with E-state index in [0.29, 0.717) is 0 Å². The van der Waals surface area contributed by atoms with Gasteiger partial charge in [0, 0.05) is 0 Å². The molecule has 0 aliphatic carbocycles. The third-order valence-corrected chi connectivity index (χ3v) is 6.73. The van der Waals surface area contributed by atoms with E-state index in [1.165, 1.54) is 3.61 Å². The van der Waals surface area contributed by atoms with Gasteiger partial charge in [0.15, 0.2) is 0 Å². The molecule has 0 radical (unpaired) electrons. The first-order valence-electron chi connectivity index (χ1n) is 8.43. The van der Waals surface area contributed by atoms with Crippen molar-refractivity contribution in [2.75, 3.05) is 13.7 Å². The number of aromatic hydroxyl groups is 1. The molecule has 4 heteroatoms. The number of benzene rings is 3.